The molecule has 2 rings (SSSR count). The number of nitrogens with one attached hydrogen (secondary N) is 1. The van der Waals surface area contributed by atoms with E-state index in [1.54, 1.807) is 12.4 Å². The predicted molar refractivity (Wildman–Crippen MR) is 44.5 cm³/mol. The molecule has 0 spiro atoms. The summed E-state index contributed by atoms with van der Waals surface area (Å²) in [5, 5.41) is 4.59. The largest absolute Gasteiger partial charge is 0.347 e. The van der Waals surface area contributed by atoms with Crippen LogP contribution >= 0.6 is 0 Å². The second-order valence-electron chi connectivity index (χ2n) is 2.33. The molecule has 1 N–H and O–H groups in total. The normalized spacial score (nSPS) is 13.0. The molecule has 0 bridgehead atoms. The van der Waals surface area contributed by atoms with Gasteiger partial charge in [0.05, 0.1) is 12.3 Å². The quantitative estimate of drug-likeness (QED) is 0.525. The van der Waals surface area contributed by atoms with E-state index in [9.17, 15) is 0 Å². The average Bonchev–Trinajstić information content (AvgIpc) is 2.06. The fourth-order valence-corrected chi connectivity index (χ4v) is 1.06. The lowest BCUT2D eigenvalue weighted by Crippen LogP contribution is -2.27. The highest BCUT2D eigenvalue weighted by Gasteiger charge is 2.03. The van der Waals surface area contributed by atoms with Gasteiger partial charge in [0, 0.05) is 12.8 Å². The highest BCUT2D eigenvalue weighted by Crippen LogP contribution is 1.98. The molecule has 0 aliphatic carbocycles. The van der Waals surface area contributed by atoms with Crippen molar-refractivity contribution in [1.29, 1.82) is 0 Å². The summed E-state index contributed by atoms with van der Waals surface area (Å²) in [4.78, 5) is 4.12. The monoisotopic (exact) mass is 143 g/mol. The molecular formula is C9H7N2+. The summed E-state index contributed by atoms with van der Waals surface area (Å²) in [6.07, 6.45) is 3.47. The first-order chi connectivity index (χ1) is 5.38. The zero-order chi connectivity index (χ0) is 7.68. The molecule has 1 aliphatic heterocycles. The van der Waals surface area contributed by atoms with Crippen molar-refractivity contribution in [3.8, 4) is 0 Å². The van der Waals surface area contributed by atoms with Gasteiger partial charge >= 0.3 is 0 Å². The Labute approximate surface area is 64.6 Å². The predicted octanol–water partition coefficient (Wildman–Crippen LogP) is 0.490. The van der Waals surface area contributed by atoms with E-state index in [2.05, 4.69) is 10.3 Å². The number of anilines is 1. The molecule has 52 valence electrons. The minimum Gasteiger partial charge on any atom is -0.347 e. The fourth-order valence-electron chi connectivity index (χ4n) is 1.06. The van der Waals surface area contributed by atoms with Crippen LogP contribution in [0.2, 0.25) is 0 Å². The Morgan fingerprint density at radius 3 is 3.09 bits per heavy atom. The van der Waals surface area contributed by atoms with E-state index in [0.717, 1.165) is 11.0 Å². The molecule has 11 heavy (non-hydrogen) atoms. The highest BCUT2D eigenvalue weighted by atomic mass is 14.9. The van der Waals surface area contributed by atoms with Gasteiger partial charge in [0.25, 0.3) is 0 Å². The second-order valence-corrected chi connectivity index (χ2v) is 2.33. The first-order valence-electron chi connectivity index (χ1n) is 3.39. The van der Waals surface area contributed by atoms with Crippen molar-refractivity contribution < 1.29 is 0 Å². The molecule has 0 saturated heterocycles. The van der Waals surface area contributed by atoms with Gasteiger partial charge < -0.3 is 5.32 Å². The SMILES string of the molecule is [CH+]=c1cccc2c1=NC=CN2. The molecule has 0 fully saturated rings. The lowest BCUT2D eigenvalue weighted by atomic mass is 10.2. The van der Waals surface area contributed by atoms with Gasteiger partial charge in [-0.3, -0.25) is 0 Å². The van der Waals surface area contributed by atoms with Crippen LogP contribution in [0.1, 0.15) is 0 Å². The second kappa shape index (κ2) is 2.19. The molecule has 0 aromatic heterocycles. The number of hydrogen-bond acceptors (Lipinski definition) is 2. The van der Waals surface area contributed by atoms with Gasteiger partial charge in [0.15, 0.2) is 0 Å². The van der Waals surface area contributed by atoms with Crippen LogP contribution in [0.3, 0.4) is 0 Å². The maximum atomic E-state index is 5.67. The van der Waals surface area contributed by atoms with Crippen molar-refractivity contribution in [2.45, 2.75) is 0 Å². The maximum absolute atomic E-state index is 5.67. The molecular weight excluding hydrogens is 136 g/mol. The van der Waals surface area contributed by atoms with Crippen molar-refractivity contribution in [2.24, 2.45) is 4.99 Å². The van der Waals surface area contributed by atoms with Gasteiger partial charge in [0.2, 0.25) is 10.6 Å². The molecule has 1 aromatic carbocycles. The van der Waals surface area contributed by atoms with Crippen LogP contribution in [0.15, 0.2) is 35.6 Å². The Morgan fingerprint density at radius 2 is 2.27 bits per heavy atom. The van der Waals surface area contributed by atoms with Crippen LogP contribution in [0.4, 0.5) is 5.69 Å². The summed E-state index contributed by atoms with van der Waals surface area (Å²) in [5.74, 6) is 0. The van der Waals surface area contributed by atoms with E-state index in [0.29, 0.717) is 5.22 Å². The van der Waals surface area contributed by atoms with Gasteiger partial charge in [-0.05, 0) is 12.1 Å². The molecule has 0 amide bonds. The van der Waals surface area contributed by atoms with Crippen LogP contribution in [0.25, 0.3) is 6.58 Å². The summed E-state index contributed by atoms with van der Waals surface area (Å²) in [6, 6.07) is 5.68. The molecule has 2 heteroatoms. The van der Waals surface area contributed by atoms with Crippen LogP contribution < -0.4 is 15.9 Å². The zero-order valence-corrected chi connectivity index (χ0v) is 5.91. The Kier molecular flexibility index (Phi) is 1.21. The van der Waals surface area contributed by atoms with Crippen LogP contribution in [0.5, 0.6) is 0 Å². The number of nitrogens with zero attached hydrogens (tertiary/aromatic N) is 1. The molecule has 0 radical (unpaired) electrons. The Hall–Kier alpha value is -1.66. The van der Waals surface area contributed by atoms with Crippen molar-refractivity contribution in [1.82, 2.24) is 0 Å². The number of hydrogen-bond donors (Lipinski definition) is 1. The van der Waals surface area contributed by atoms with Crippen LogP contribution in [0, 0.1) is 0 Å². The van der Waals surface area contributed by atoms with Gasteiger partial charge in [-0.2, -0.15) is 4.99 Å². The van der Waals surface area contributed by atoms with Crippen LogP contribution in [-0.2, 0) is 0 Å². The minimum atomic E-state index is 0.708. The Bertz CT molecular complexity index is 404. The molecule has 1 aliphatic rings. The topological polar surface area (TPSA) is 24.4 Å². The molecule has 1 heterocycles. The highest BCUT2D eigenvalue weighted by molar-refractivity contribution is 5.47. The van der Waals surface area contributed by atoms with Crippen molar-refractivity contribution >= 4 is 12.3 Å². The fraction of sp³-hybridized carbons (Fsp3) is 0. The summed E-state index contributed by atoms with van der Waals surface area (Å²) in [7, 11) is 0. The third kappa shape index (κ3) is 0.896. The Morgan fingerprint density at radius 1 is 1.36 bits per heavy atom. The summed E-state index contributed by atoms with van der Waals surface area (Å²) in [5.41, 5.74) is 0.965. The van der Waals surface area contributed by atoms with Crippen molar-refractivity contribution in [3.05, 3.63) is 41.2 Å². The smallest absolute Gasteiger partial charge is 0.209 e. The standard InChI is InChI=1S/C9H7N2/c1-7-3-2-4-8-9(7)11-6-5-10-8/h1-6,10H/q+1. The number of para-hydroxylation sites is 1. The summed E-state index contributed by atoms with van der Waals surface area (Å²) < 4.78 is 0. The van der Waals surface area contributed by atoms with Crippen molar-refractivity contribution in [2.75, 3.05) is 5.32 Å². The molecule has 0 saturated carbocycles. The lowest BCUT2D eigenvalue weighted by Gasteiger charge is -1.98. The number of fused-ring (bicyclic) bond motifs is 1. The van der Waals surface area contributed by atoms with E-state index in [1.807, 2.05) is 18.2 Å². The summed E-state index contributed by atoms with van der Waals surface area (Å²) >= 11 is 0. The van der Waals surface area contributed by atoms with Gasteiger partial charge in [-0.25, -0.2) is 0 Å². The van der Waals surface area contributed by atoms with Gasteiger partial charge in [-0.15, -0.1) is 0 Å². The maximum Gasteiger partial charge on any atom is 0.209 e. The molecule has 1 aromatic rings. The Balaban J connectivity index is 2.88. The van der Waals surface area contributed by atoms with E-state index in [4.69, 9.17) is 6.58 Å². The minimum absolute atomic E-state index is 0.708. The molecule has 0 atom stereocenters. The van der Waals surface area contributed by atoms with E-state index in [-0.39, 0.29) is 0 Å². The van der Waals surface area contributed by atoms with Gasteiger partial charge in [-0.1, -0.05) is 0 Å². The van der Waals surface area contributed by atoms with E-state index in [1.165, 1.54) is 0 Å². The average molecular weight is 143 g/mol. The van der Waals surface area contributed by atoms with Crippen LogP contribution in [-0.4, -0.2) is 0 Å². The third-order valence-corrected chi connectivity index (χ3v) is 1.58. The van der Waals surface area contributed by atoms with Gasteiger partial charge in [0.1, 0.15) is 5.69 Å². The van der Waals surface area contributed by atoms with Crippen molar-refractivity contribution in [3.63, 3.8) is 0 Å². The first kappa shape index (κ1) is 6.08. The lowest BCUT2D eigenvalue weighted by molar-refractivity contribution is 1.26. The zero-order valence-electron chi connectivity index (χ0n) is 5.91. The van der Waals surface area contributed by atoms with E-state index < -0.39 is 0 Å². The first-order valence-corrected chi connectivity index (χ1v) is 3.39. The number of rotatable bonds is 0. The summed E-state index contributed by atoms with van der Waals surface area (Å²) in [6.45, 7) is 5.67. The third-order valence-electron chi connectivity index (χ3n) is 1.58. The molecule has 0 unspecified atom stereocenters. The van der Waals surface area contributed by atoms with E-state index >= 15 is 0 Å². The number of benzene rings is 1. The molecule has 2 nitrogen and oxygen atoms in total.